The average Bonchev–Trinajstić information content (AvgIpc) is 2.91. The zero-order valence-electron chi connectivity index (χ0n) is 14.0. The molecule has 1 atom stereocenters. The normalized spacial score (nSPS) is 27.0. The molecule has 2 rings (SSSR count). The highest BCUT2D eigenvalue weighted by Crippen LogP contribution is 2.27. The number of aliphatic imine (C=N–C) groups is 1. The number of aliphatic hydroxyl groups is 1. The maximum absolute atomic E-state index is 10.1. The van der Waals surface area contributed by atoms with E-state index in [1.54, 1.807) is 0 Å². The lowest BCUT2D eigenvalue weighted by atomic mass is 10.1. The zero-order valence-corrected chi connectivity index (χ0v) is 14.0. The minimum atomic E-state index is -0.394. The number of nitrogens with zero attached hydrogens (tertiary/aromatic N) is 2. The van der Waals surface area contributed by atoms with Crippen LogP contribution >= 0.6 is 0 Å². The first kappa shape index (κ1) is 17.9. The van der Waals surface area contributed by atoms with Crippen LogP contribution in [0, 0.1) is 0 Å². The molecule has 1 aliphatic carbocycles. The first-order valence-electron chi connectivity index (χ1n) is 8.30. The fourth-order valence-corrected chi connectivity index (χ4v) is 2.71. The molecule has 2 fully saturated rings. The lowest BCUT2D eigenvalue weighted by Gasteiger charge is -2.31. The van der Waals surface area contributed by atoms with Crippen LogP contribution in [0.15, 0.2) is 28.5 Å². The second kappa shape index (κ2) is 9.74. The van der Waals surface area contributed by atoms with E-state index >= 15 is 0 Å². The van der Waals surface area contributed by atoms with Gasteiger partial charge >= 0.3 is 0 Å². The number of allylic oxidation sites excluding steroid dienone is 2. The predicted molar refractivity (Wildman–Crippen MR) is 90.6 cm³/mol. The Bertz CT molecular complexity index is 393. The average molecular weight is 293 g/mol. The van der Waals surface area contributed by atoms with Gasteiger partial charge < -0.3 is 15.3 Å². The van der Waals surface area contributed by atoms with E-state index in [9.17, 15) is 5.11 Å². The van der Waals surface area contributed by atoms with Crippen molar-refractivity contribution in [3.05, 3.63) is 23.5 Å². The van der Waals surface area contributed by atoms with Crippen molar-refractivity contribution in [2.24, 2.45) is 4.99 Å². The molecule has 0 aromatic carbocycles. The summed E-state index contributed by atoms with van der Waals surface area (Å²) < 4.78 is 0. The molecule has 0 spiro atoms. The summed E-state index contributed by atoms with van der Waals surface area (Å²) in [5.74, 6) is 0. The fraction of sp³-hybridized carbons (Fsp3) is 0.706. The second-order valence-corrected chi connectivity index (χ2v) is 5.16. The molecule has 2 aliphatic rings. The first-order chi connectivity index (χ1) is 10.2. The molecule has 21 heavy (non-hydrogen) atoms. The molecule has 0 aromatic rings. The standard InChI is InChI=1S/C15H25N3O.C2H6/c1-3-4-7-17-15-13(5-6-14(15)19)12(2)18-10-8-16-9-11-18;1-2/h4,7,14,16,19H,3,5-6,8-11H2,1-2H3;1-2H3/b7-4+,13-12+,17-15+;. The molecule has 120 valence electrons. The Balaban J connectivity index is 0.00000106. The zero-order chi connectivity index (χ0) is 15.7. The maximum Gasteiger partial charge on any atom is 0.0966 e. The number of rotatable bonds is 3. The third-order valence-corrected chi connectivity index (χ3v) is 3.88. The van der Waals surface area contributed by atoms with Gasteiger partial charge in [0.1, 0.15) is 0 Å². The van der Waals surface area contributed by atoms with Crippen LogP contribution in [0.1, 0.15) is 47.0 Å². The first-order valence-corrected chi connectivity index (χ1v) is 8.30. The summed E-state index contributed by atoms with van der Waals surface area (Å²) in [6.45, 7) is 12.4. The van der Waals surface area contributed by atoms with Gasteiger partial charge in [-0.1, -0.05) is 26.8 Å². The van der Waals surface area contributed by atoms with Crippen LogP contribution in [0.25, 0.3) is 0 Å². The molecule has 1 unspecified atom stereocenters. The van der Waals surface area contributed by atoms with E-state index < -0.39 is 6.10 Å². The molecule has 0 aromatic heterocycles. The Morgan fingerprint density at radius 3 is 2.67 bits per heavy atom. The van der Waals surface area contributed by atoms with E-state index in [1.165, 1.54) is 11.3 Å². The van der Waals surface area contributed by atoms with Gasteiger partial charge in [-0.05, 0) is 31.8 Å². The monoisotopic (exact) mass is 293 g/mol. The van der Waals surface area contributed by atoms with Crippen molar-refractivity contribution in [2.45, 2.75) is 53.1 Å². The van der Waals surface area contributed by atoms with Crippen LogP contribution in [0.4, 0.5) is 0 Å². The Kier molecular flexibility index (Phi) is 8.31. The lowest BCUT2D eigenvalue weighted by Crippen LogP contribution is -2.42. The molecule has 0 bridgehead atoms. The van der Waals surface area contributed by atoms with Crippen molar-refractivity contribution in [1.82, 2.24) is 10.2 Å². The number of hydrogen-bond acceptors (Lipinski definition) is 4. The van der Waals surface area contributed by atoms with Crippen molar-refractivity contribution in [3.8, 4) is 0 Å². The lowest BCUT2D eigenvalue weighted by molar-refractivity contribution is 0.242. The molecule has 0 amide bonds. The van der Waals surface area contributed by atoms with Crippen LogP contribution in [-0.4, -0.2) is 48.0 Å². The Labute approximate surface area is 129 Å². The van der Waals surface area contributed by atoms with Gasteiger partial charge in [-0.15, -0.1) is 0 Å². The summed E-state index contributed by atoms with van der Waals surface area (Å²) in [6.07, 6.45) is 6.18. The van der Waals surface area contributed by atoms with E-state index in [2.05, 4.69) is 29.1 Å². The number of aliphatic hydroxyl groups excluding tert-OH is 1. The van der Waals surface area contributed by atoms with E-state index in [4.69, 9.17) is 0 Å². The van der Waals surface area contributed by atoms with Crippen LogP contribution < -0.4 is 5.32 Å². The Hall–Kier alpha value is -1.13. The van der Waals surface area contributed by atoms with Crippen molar-refractivity contribution in [2.75, 3.05) is 26.2 Å². The van der Waals surface area contributed by atoms with E-state index in [0.717, 1.165) is 51.2 Å². The summed E-state index contributed by atoms with van der Waals surface area (Å²) in [6, 6.07) is 0. The quantitative estimate of drug-likeness (QED) is 0.841. The molecule has 0 radical (unpaired) electrons. The molecular formula is C17H31N3O. The van der Waals surface area contributed by atoms with Gasteiger partial charge in [0, 0.05) is 38.1 Å². The maximum atomic E-state index is 10.1. The van der Waals surface area contributed by atoms with Gasteiger partial charge in [-0.3, -0.25) is 4.99 Å². The van der Waals surface area contributed by atoms with Gasteiger partial charge in [-0.25, -0.2) is 0 Å². The summed E-state index contributed by atoms with van der Waals surface area (Å²) in [4.78, 5) is 6.88. The number of piperazine rings is 1. The highest BCUT2D eigenvalue weighted by atomic mass is 16.3. The van der Waals surface area contributed by atoms with E-state index in [-0.39, 0.29) is 0 Å². The summed E-state index contributed by atoms with van der Waals surface area (Å²) in [5.41, 5.74) is 3.41. The molecular weight excluding hydrogens is 262 g/mol. The molecule has 1 heterocycles. The minimum absolute atomic E-state index is 0.394. The van der Waals surface area contributed by atoms with Gasteiger partial charge in [0.15, 0.2) is 0 Å². The van der Waals surface area contributed by atoms with Crippen LogP contribution in [-0.2, 0) is 0 Å². The Morgan fingerprint density at radius 1 is 1.38 bits per heavy atom. The van der Waals surface area contributed by atoms with E-state index in [1.807, 2.05) is 26.1 Å². The smallest absolute Gasteiger partial charge is 0.0966 e. The summed E-state index contributed by atoms with van der Waals surface area (Å²) in [7, 11) is 0. The molecule has 2 N–H and O–H groups in total. The second-order valence-electron chi connectivity index (χ2n) is 5.16. The fourth-order valence-electron chi connectivity index (χ4n) is 2.71. The number of hydrogen-bond donors (Lipinski definition) is 2. The van der Waals surface area contributed by atoms with Crippen molar-refractivity contribution in [3.63, 3.8) is 0 Å². The SMILES string of the molecule is CC.CC/C=C/N=C1\C(=C(/C)N2CCNCC2)CCC1O. The third kappa shape index (κ3) is 4.97. The van der Waals surface area contributed by atoms with Crippen LogP contribution in [0.5, 0.6) is 0 Å². The van der Waals surface area contributed by atoms with Gasteiger partial charge in [-0.2, -0.15) is 0 Å². The third-order valence-electron chi connectivity index (χ3n) is 3.88. The summed E-state index contributed by atoms with van der Waals surface area (Å²) in [5, 5.41) is 13.4. The van der Waals surface area contributed by atoms with E-state index in [0.29, 0.717) is 0 Å². The van der Waals surface area contributed by atoms with Gasteiger partial charge in [0.05, 0.1) is 11.8 Å². The minimum Gasteiger partial charge on any atom is -0.387 e. The molecule has 4 heteroatoms. The molecule has 4 nitrogen and oxygen atoms in total. The molecule has 1 saturated heterocycles. The molecule has 1 aliphatic heterocycles. The van der Waals surface area contributed by atoms with Crippen LogP contribution in [0.2, 0.25) is 0 Å². The van der Waals surface area contributed by atoms with Gasteiger partial charge in [0.25, 0.3) is 0 Å². The van der Waals surface area contributed by atoms with Crippen molar-refractivity contribution in [1.29, 1.82) is 0 Å². The van der Waals surface area contributed by atoms with Crippen molar-refractivity contribution >= 4 is 5.71 Å². The van der Waals surface area contributed by atoms with Crippen molar-refractivity contribution < 1.29 is 5.11 Å². The molecule has 1 saturated carbocycles. The Morgan fingerprint density at radius 2 is 2.05 bits per heavy atom. The summed E-state index contributed by atoms with van der Waals surface area (Å²) >= 11 is 0. The largest absolute Gasteiger partial charge is 0.387 e. The topological polar surface area (TPSA) is 47.9 Å². The van der Waals surface area contributed by atoms with Gasteiger partial charge in [0.2, 0.25) is 0 Å². The predicted octanol–water partition coefficient (Wildman–Crippen LogP) is 2.71. The number of nitrogens with one attached hydrogen (secondary N) is 1. The highest BCUT2D eigenvalue weighted by Gasteiger charge is 2.28. The highest BCUT2D eigenvalue weighted by molar-refractivity contribution is 6.06. The van der Waals surface area contributed by atoms with Crippen LogP contribution in [0.3, 0.4) is 0 Å².